The van der Waals surface area contributed by atoms with Crippen LogP contribution in [0.3, 0.4) is 0 Å². The Labute approximate surface area is 73.0 Å². The van der Waals surface area contributed by atoms with Crippen LogP contribution in [0.25, 0.3) is 0 Å². The van der Waals surface area contributed by atoms with E-state index in [1.54, 1.807) is 13.8 Å². The Morgan fingerprint density at radius 1 is 1.50 bits per heavy atom. The standard InChI is InChI=1S/C9H16O3/c1-6(2)5-7-8(10)12-9(3,4)11-7/h6-7H,5H2,1-4H3/t7-/m0/s1. The van der Waals surface area contributed by atoms with Crippen LogP contribution in [0, 0.1) is 5.92 Å². The van der Waals surface area contributed by atoms with E-state index < -0.39 is 5.79 Å². The second kappa shape index (κ2) is 3.05. The Bertz CT molecular complexity index is 184. The fraction of sp³-hybridized carbons (Fsp3) is 0.889. The third kappa shape index (κ3) is 2.21. The van der Waals surface area contributed by atoms with Crippen molar-refractivity contribution in [2.45, 2.75) is 46.0 Å². The van der Waals surface area contributed by atoms with Crippen molar-refractivity contribution in [3.63, 3.8) is 0 Å². The molecule has 0 aromatic carbocycles. The second-order valence-corrected chi connectivity index (χ2v) is 4.06. The van der Waals surface area contributed by atoms with Gasteiger partial charge in [-0.3, -0.25) is 0 Å². The molecular formula is C9H16O3. The van der Waals surface area contributed by atoms with Gasteiger partial charge in [0.05, 0.1) is 0 Å². The molecule has 0 amide bonds. The maximum Gasteiger partial charge on any atom is 0.337 e. The number of esters is 1. The summed E-state index contributed by atoms with van der Waals surface area (Å²) in [6.45, 7) is 7.63. The first-order chi connectivity index (χ1) is 5.41. The van der Waals surface area contributed by atoms with Gasteiger partial charge in [0.15, 0.2) is 6.10 Å². The van der Waals surface area contributed by atoms with Crippen molar-refractivity contribution < 1.29 is 14.3 Å². The van der Waals surface area contributed by atoms with Gasteiger partial charge in [-0.25, -0.2) is 4.79 Å². The quantitative estimate of drug-likeness (QED) is 0.595. The largest absolute Gasteiger partial charge is 0.432 e. The van der Waals surface area contributed by atoms with E-state index in [1.165, 1.54) is 0 Å². The average molecular weight is 172 g/mol. The van der Waals surface area contributed by atoms with Gasteiger partial charge in [-0.1, -0.05) is 13.8 Å². The first-order valence-electron chi connectivity index (χ1n) is 4.31. The third-order valence-corrected chi connectivity index (χ3v) is 1.72. The minimum Gasteiger partial charge on any atom is -0.432 e. The second-order valence-electron chi connectivity index (χ2n) is 4.06. The lowest BCUT2D eigenvalue weighted by Crippen LogP contribution is -2.22. The van der Waals surface area contributed by atoms with Crippen molar-refractivity contribution >= 4 is 5.97 Å². The number of carbonyl (C=O) groups excluding carboxylic acids is 1. The Kier molecular flexibility index (Phi) is 2.42. The van der Waals surface area contributed by atoms with E-state index in [4.69, 9.17) is 9.47 Å². The topological polar surface area (TPSA) is 35.5 Å². The molecule has 1 aliphatic heterocycles. The van der Waals surface area contributed by atoms with Gasteiger partial charge >= 0.3 is 5.97 Å². The average Bonchev–Trinajstić information content (AvgIpc) is 2.03. The molecule has 0 aromatic heterocycles. The fourth-order valence-electron chi connectivity index (χ4n) is 1.30. The summed E-state index contributed by atoms with van der Waals surface area (Å²) in [5.41, 5.74) is 0. The van der Waals surface area contributed by atoms with Gasteiger partial charge in [0.25, 0.3) is 0 Å². The zero-order valence-corrected chi connectivity index (χ0v) is 8.09. The highest BCUT2D eigenvalue weighted by Crippen LogP contribution is 2.27. The van der Waals surface area contributed by atoms with Crippen molar-refractivity contribution in [1.82, 2.24) is 0 Å². The monoisotopic (exact) mass is 172 g/mol. The molecular weight excluding hydrogens is 156 g/mol. The van der Waals surface area contributed by atoms with Crippen LogP contribution < -0.4 is 0 Å². The van der Waals surface area contributed by atoms with Crippen LogP contribution in [0.1, 0.15) is 34.1 Å². The number of hydrogen-bond donors (Lipinski definition) is 0. The molecule has 3 heteroatoms. The van der Waals surface area contributed by atoms with Crippen LogP contribution >= 0.6 is 0 Å². The Hall–Kier alpha value is -0.570. The molecule has 12 heavy (non-hydrogen) atoms. The van der Waals surface area contributed by atoms with Crippen LogP contribution in [0.15, 0.2) is 0 Å². The molecule has 0 spiro atoms. The molecule has 0 aromatic rings. The van der Waals surface area contributed by atoms with E-state index in [-0.39, 0.29) is 12.1 Å². The highest BCUT2D eigenvalue weighted by atomic mass is 16.8. The number of rotatable bonds is 2. The molecule has 0 bridgehead atoms. The van der Waals surface area contributed by atoms with Gasteiger partial charge in [0.1, 0.15) is 0 Å². The summed E-state index contributed by atoms with van der Waals surface area (Å²) in [5.74, 6) is -0.499. The first-order valence-corrected chi connectivity index (χ1v) is 4.31. The van der Waals surface area contributed by atoms with Crippen molar-refractivity contribution in [1.29, 1.82) is 0 Å². The lowest BCUT2D eigenvalue weighted by molar-refractivity contribution is -0.161. The summed E-state index contributed by atoms with van der Waals surface area (Å²) >= 11 is 0. The van der Waals surface area contributed by atoms with Gasteiger partial charge in [0, 0.05) is 13.8 Å². The lowest BCUT2D eigenvalue weighted by Gasteiger charge is -2.15. The maximum atomic E-state index is 11.2. The number of cyclic esters (lactones) is 1. The number of carbonyl (C=O) groups is 1. The number of ether oxygens (including phenoxy) is 2. The molecule has 70 valence electrons. The van der Waals surface area contributed by atoms with Gasteiger partial charge in [-0.2, -0.15) is 0 Å². The smallest absolute Gasteiger partial charge is 0.337 e. The normalized spacial score (nSPS) is 27.8. The molecule has 0 aliphatic carbocycles. The summed E-state index contributed by atoms with van der Waals surface area (Å²) in [6.07, 6.45) is 0.377. The summed E-state index contributed by atoms with van der Waals surface area (Å²) in [5, 5.41) is 0. The van der Waals surface area contributed by atoms with Crippen LogP contribution in [0.4, 0.5) is 0 Å². The Morgan fingerprint density at radius 3 is 2.42 bits per heavy atom. The van der Waals surface area contributed by atoms with Gasteiger partial charge in [-0.15, -0.1) is 0 Å². The molecule has 3 nitrogen and oxygen atoms in total. The van der Waals surface area contributed by atoms with Crippen molar-refractivity contribution in [3.8, 4) is 0 Å². The van der Waals surface area contributed by atoms with Crippen molar-refractivity contribution in [2.24, 2.45) is 5.92 Å². The van der Waals surface area contributed by atoms with Crippen molar-refractivity contribution in [3.05, 3.63) is 0 Å². The summed E-state index contributed by atoms with van der Waals surface area (Å²) in [4.78, 5) is 11.2. The van der Waals surface area contributed by atoms with E-state index in [0.29, 0.717) is 5.92 Å². The molecule has 1 saturated heterocycles. The van der Waals surface area contributed by atoms with Crippen molar-refractivity contribution in [2.75, 3.05) is 0 Å². The summed E-state index contributed by atoms with van der Waals surface area (Å²) in [6, 6.07) is 0. The molecule has 1 fully saturated rings. The minimum atomic E-state index is -0.726. The van der Waals surface area contributed by atoms with Crippen LogP contribution in [-0.4, -0.2) is 17.9 Å². The van der Waals surface area contributed by atoms with E-state index in [2.05, 4.69) is 13.8 Å². The SMILES string of the molecule is CC(C)C[C@@H]1OC(C)(C)OC1=O. The van der Waals surface area contributed by atoms with Gasteiger partial charge in [0.2, 0.25) is 5.79 Å². The molecule has 1 heterocycles. The van der Waals surface area contributed by atoms with E-state index in [1.807, 2.05) is 0 Å². The summed E-state index contributed by atoms with van der Waals surface area (Å²) in [7, 11) is 0. The zero-order valence-electron chi connectivity index (χ0n) is 8.09. The highest BCUT2D eigenvalue weighted by Gasteiger charge is 2.40. The molecule has 1 rings (SSSR count). The van der Waals surface area contributed by atoms with Crippen LogP contribution in [0.2, 0.25) is 0 Å². The molecule has 1 aliphatic rings. The zero-order chi connectivity index (χ0) is 9.35. The lowest BCUT2D eigenvalue weighted by atomic mass is 10.1. The molecule has 0 unspecified atom stereocenters. The van der Waals surface area contributed by atoms with Gasteiger partial charge < -0.3 is 9.47 Å². The summed E-state index contributed by atoms with van der Waals surface area (Å²) < 4.78 is 10.4. The van der Waals surface area contributed by atoms with E-state index in [9.17, 15) is 4.79 Å². The predicted molar refractivity (Wildman–Crippen MR) is 44.5 cm³/mol. The van der Waals surface area contributed by atoms with Crippen LogP contribution in [-0.2, 0) is 14.3 Å². The molecule has 1 atom stereocenters. The van der Waals surface area contributed by atoms with Gasteiger partial charge in [-0.05, 0) is 12.3 Å². The van der Waals surface area contributed by atoms with E-state index >= 15 is 0 Å². The Balaban J connectivity index is 2.53. The third-order valence-electron chi connectivity index (χ3n) is 1.72. The fourth-order valence-corrected chi connectivity index (χ4v) is 1.30. The first kappa shape index (κ1) is 9.52. The molecule has 0 radical (unpaired) electrons. The molecule has 0 saturated carbocycles. The predicted octanol–water partition coefficient (Wildman–Crippen LogP) is 1.71. The Morgan fingerprint density at radius 2 is 2.08 bits per heavy atom. The van der Waals surface area contributed by atoms with E-state index in [0.717, 1.165) is 6.42 Å². The maximum absolute atomic E-state index is 11.2. The minimum absolute atomic E-state index is 0.228. The van der Waals surface area contributed by atoms with Crippen LogP contribution in [0.5, 0.6) is 0 Å². The number of hydrogen-bond acceptors (Lipinski definition) is 3. The highest BCUT2D eigenvalue weighted by molar-refractivity contribution is 5.76. The molecule has 0 N–H and O–H groups in total.